The van der Waals surface area contributed by atoms with Crippen LogP contribution in [-0.4, -0.2) is 48.5 Å². The molecule has 1 aliphatic rings. The molecule has 0 aromatic carbocycles. The van der Waals surface area contributed by atoms with Crippen LogP contribution < -0.4 is 10.2 Å². The highest BCUT2D eigenvalue weighted by Gasteiger charge is 2.21. The molecule has 6 nitrogen and oxygen atoms in total. The molecule has 0 amide bonds. The maximum Gasteiger partial charge on any atom is 0.244 e. The Bertz CT molecular complexity index is 346. The number of nitrogens with one attached hydrogen (secondary N) is 2. The molecule has 2 N–H and O–H groups in total. The number of piperidine rings is 1. The smallest absolute Gasteiger partial charge is 0.244 e. The van der Waals surface area contributed by atoms with E-state index in [-0.39, 0.29) is 0 Å². The molecule has 2 heterocycles. The zero-order valence-corrected chi connectivity index (χ0v) is 11.3. The van der Waals surface area contributed by atoms with Crippen LogP contribution in [0.3, 0.4) is 0 Å². The van der Waals surface area contributed by atoms with Crippen molar-refractivity contribution in [1.82, 2.24) is 20.5 Å². The molecule has 1 aromatic heterocycles. The minimum absolute atomic E-state index is 0.514. The zero-order valence-electron chi connectivity index (χ0n) is 11.3. The van der Waals surface area contributed by atoms with Crippen molar-refractivity contribution >= 4 is 5.95 Å². The van der Waals surface area contributed by atoms with Gasteiger partial charge in [-0.15, -0.1) is 5.10 Å². The fraction of sp³-hybridized carbons (Fsp3) is 0.833. The van der Waals surface area contributed by atoms with E-state index >= 15 is 0 Å². The molecule has 1 aliphatic heterocycles. The molecular formula is C12H23N5O. The average molecular weight is 253 g/mol. The second-order valence-corrected chi connectivity index (χ2v) is 4.71. The lowest BCUT2D eigenvalue weighted by Crippen LogP contribution is -2.37. The van der Waals surface area contributed by atoms with Crippen LogP contribution >= 0.6 is 0 Å². The second kappa shape index (κ2) is 6.70. The highest BCUT2D eigenvalue weighted by atomic mass is 16.5. The van der Waals surface area contributed by atoms with E-state index in [2.05, 4.69) is 25.4 Å². The topological polar surface area (TPSA) is 66.1 Å². The summed E-state index contributed by atoms with van der Waals surface area (Å²) < 4.78 is 5.31. The first kappa shape index (κ1) is 13.3. The second-order valence-electron chi connectivity index (χ2n) is 4.71. The molecule has 0 aliphatic carbocycles. The van der Waals surface area contributed by atoms with Crippen LogP contribution in [0.25, 0.3) is 0 Å². The van der Waals surface area contributed by atoms with Crippen molar-refractivity contribution in [2.24, 2.45) is 5.92 Å². The molecule has 2 rings (SSSR count). The summed E-state index contributed by atoms with van der Waals surface area (Å²) >= 11 is 0. The van der Waals surface area contributed by atoms with Crippen molar-refractivity contribution in [3.05, 3.63) is 5.82 Å². The van der Waals surface area contributed by atoms with Gasteiger partial charge in [0, 0.05) is 19.7 Å². The number of ether oxygens (including phenoxy) is 1. The molecule has 6 heteroatoms. The Hall–Kier alpha value is -1.14. The van der Waals surface area contributed by atoms with Crippen LogP contribution in [-0.2, 0) is 11.3 Å². The van der Waals surface area contributed by atoms with E-state index < -0.39 is 0 Å². The van der Waals surface area contributed by atoms with Crippen LogP contribution in [0, 0.1) is 5.92 Å². The van der Waals surface area contributed by atoms with Gasteiger partial charge < -0.3 is 15.0 Å². The Morgan fingerprint density at radius 3 is 2.89 bits per heavy atom. The van der Waals surface area contributed by atoms with E-state index in [1.165, 1.54) is 12.8 Å². The van der Waals surface area contributed by atoms with E-state index in [0.29, 0.717) is 13.2 Å². The van der Waals surface area contributed by atoms with Crippen molar-refractivity contribution in [1.29, 1.82) is 0 Å². The van der Waals surface area contributed by atoms with Gasteiger partial charge in [0.25, 0.3) is 0 Å². The average Bonchev–Trinajstić information content (AvgIpc) is 2.86. The standard InChI is InChI=1S/C12H23N5O/c1-3-18-9-11-14-12(16-15-11)17-6-4-10(5-7-17)8-13-2/h10,13H,3-9H2,1-2H3,(H,14,15,16). The van der Waals surface area contributed by atoms with Crippen LogP contribution in [0.2, 0.25) is 0 Å². The molecule has 102 valence electrons. The highest BCUT2D eigenvalue weighted by Crippen LogP contribution is 2.19. The number of aromatic nitrogens is 3. The monoisotopic (exact) mass is 253 g/mol. The Morgan fingerprint density at radius 2 is 2.22 bits per heavy atom. The first-order valence-corrected chi connectivity index (χ1v) is 6.72. The fourth-order valence-electron chi connectivity index (χ4n) is 2.32. The van der Waals surface area contributed by atoms with Crippen LogP contribution in [0.15, 0.2) is 0 Å². The van der Waals surface area contributed by atoms with Crippen molar-refractivity contribution in [3.63, 3.8) is 0 Å². The van der Waals surface area contributed by atoms with Gasteiger partial charge in [-0.05, 0) is 39.3 Å². The number of rotatable bonds is 6. The largest absolute Gasteiger partial charge is 0.374 e. The minimum atomic E-state index is 0.514. The summed E-state index contributed by atoms with van der Waals surface area (Å²) in [6, 6.07) is 0. The van der Waals surface area contributed by atoms with Gasteiger partial charge >= 0.3 is 0 Å². The number of H-pyrrole nitrogens is 1. The highest BCUT2D eigenvalue weighted by molar-refractivity contribution is 5.29. The molecule has 0 saturated carbocycles. The Labute approximate surface area is 108 Å². The Kier molecular flexibility index (Phi) is 4.95. The normalized spacial score (nSPS) is 17.3. The first-order chi connectivity index (χ1) is 8.83. The molecule has 0 radical (unpaired) electrons. The summed E-state index contributed by atoms with van der Waals surface area (Å²) in [5.41, 5.74) is 0. The van der Waals surface area contributed by atoms with E-state index in [1.807, 2.05) is 14.0 Å². The summed E-state index contributed by atoms with van der Waals surface area (Å²) in [5.74, 6) is 2.41. The van der Waals surface area contributed by atoms with Crippen molar-refractivity contribution in [2.45, 2.75) is 26.4 Å². The zero-order chi connectivity index (χ0) is 12.8. The minimum Gasteiger partial charge on any atom is -0.374 e. The summed E-state index contributed by atoms with van der Waals surface area (Å²) in [6.45, 7) is 6.38. The number of nitrogens with zero attached hydrogens (tertiary/aromatic N) is 3. The summed E-state index contributed by atoms with van der Waals surface area (Å²) in [4.78, 5) is 6.71. The van der Waals surface area contributed by atoms with Gasteiger partial charge in [-0.3, -0.25) is 5.10 Å². The van der Waals surface area contributed by atoms with Crippen LogP contribution in [0.1, 0.15) is 25.6 Å². The Morgan fingerprint density at radius 1 is 1.44 bits per heavy atom. The number of hydrogen-bond acceptors (Lipinski definition) is 5. The lowest BCUT2D eigenvalue weighted by molar-refractivity contribution is 0.128. The Balaban J connectivity index is 1.83. The molecule has 0 unspecified atom stereocenters. The van der Waals surface area contributed by atoms with Gasteiger partial charge in [-0.1, -0.05) is 0 Å². The molecule has 1 aromatic rings. The van der Waals surface area contributed by atoms with E-state index in [0.717, 1.165) is 37.3 Å². The van der Waals surface area contributed by atoms with Crippen LogP contribution in [0.5, 0.6) is 0 Å². The predicted molar refractivity (Wildman–Crippen MR) is 70.6 cm³/mol. The molecular weight excluding hydrogens is 230 g/mol. The van der Waals surface area contributed by atoms with Gasteiger partial charge in [0.1, 0.15) is 6.61 Å². The van der Waals surface area contributed by atoms with Gasteiger partial charge in [0.2, 0.25) is 5.95 Å². The van der Waals surface area contributed by atoms with E-state index in [9.17, 15) is 0 Å². The van der Waals surface area contributed by atoms with Crippen molar-refractivity contribution in [3.8, 4) is 0 Å². The predicted octanol–water partition coefficient (Wildman–Crippen LogP) is 0.777. The SMILES string of the molecule is CCOCc1nc(N2CCC(CNC)CC2)n[nH]1. The number of hydrogen-bond donors (Lipinski definition) is 2. The van der Waals surface area contributed by atoms with Gasteiger partial charge in [-0.25, -0.2) is 0 Å². The van der Waals surface area contributed by atoms with E-state index in [4.69, 9.17) is 4.74 Å². The molecule has 18 heavy (non-hydrogen) atoms. The summed E-state index contributed by atoms with van der Waals surface area (Å²) in [6.07, 6.45) is 2.41. The molecule has 1 saturated heterocycles. The fourth-order valence-corrected chi connectivity index (χ4v) is 2.32. The van der Waals surface area contributed by atoms with Gasteiger partial charge in [0.05, 0.1) is 0 Å². The molecule has 0 bridgehead atoms. The summed E-state index contributed by atoms with van der Waals surface area (Å²) in [7, 11) is 2.02. The lowest BCUT2D eigenvalue weighted by Gasteiger charge is -2.30. The molecule has 0 atom stereocenters. The third kappa shape index (κ3) is 3.43. The first-order valence-electron chi connectivity index (χ1n) is 6.72. The summed E-state index contributed by atoms with van der Waals surface area (Å²) in [5, 5.41) is 10.4. The van der Waals surface area contributed by atoms with E-state index in [1.54, 1.807) is 0 Å². The van der Waals surface area contributed by atoms with Crippen LogP contribution in [0.4, 0.5) is 5.95 Å². The number of anilines is 1. The third-order valence-corrected chi connectivity index (χ3v) is 3.35. The molecule has 1 fully saturated rings. The lowest BCUT2D eigenvalue weighted by atomic mass is 9.97. The van der Waals surface area contributed by atoms with Gasteiger partial charge in [0.15, 0.2) is 5.82 Å². The number of aromatic amines is 1. The molecule has 0 spiro atoms. The maximum absolute atomic E-state index is 5.31. The quantitative estimate of drug-likeness (QED) is 0.784. The maximum atomic E-state index is 5.31. The van der Waals surface area contributed by atoms with Crippen molar-refractivity contribution in [2.75, 3.05) is 38.2 Å². The van der Waals surface area contributed by atoms with Gasteiger partial charge in [-0.2, -0.15) is 4.98 Å². The van der Waals surface area contributed by atoms with Crippen molar-refractivity contribution < 1.29 is 4.74 Å². The third-order valence-electron chi connectivity index (χ3n) is 3.35.